The van der Waals surface area contributed by atoms with E-state index in [0.717, 1.165) is 38.5 Å². The summed E-state index contributed by atoms with van der Waals surface area (Å²) in [6.45, 7) is 4.25. The molecule has 0 bridgehead atoms. The van der Waals surface area contributed by atoms with Gasteiger partial charge in [0.15, 0.2) is 0 Å². The topological polar surface area (TPSA) is 55.8 Å². The number of carbonyl (C=O) groups excluding carboxylic acids is 1. The lowest BCUT2D eigenvalue weighted by atomic mass is 9.86. The number of hydrogen-bond acceptors (Lipinski definition) is 4. The largest absolute Gasteiger partial charge is 0.469 e. The van der Waals surface area contributed by atoms with Gasteiger partial charge in [-0.1, -0.05) is 61.4 Å². The molecule has 0 aromatic carbocycles. The number of rotatable bonds is 11. The third kappa shape index (κ3) is 6.66. The van der Waals surface area contributed by atoms with Crippen molar-refractivity contribution in [1.82, 2.24) is 0 Å². The number of methoxy groups -OCH3 is 1. The van der Waals surface area contributed by atoms with Crippen molar-refractivity contribution in [2.75, 3.05) is 7.11 Å². The quantitative estimate of drug-likeness (QED) is 0.184. The zero-order valence-corrected chi connectivity index (χ0v) is 19.5. The number of aliphatic hydroxyl groups is 1. The predicted molar refractivity (Wildman–Crippen MR) is 117 cm³/mol. The second-order valence-corrected chi connectivity index (χ2v) is 10.0. The van der Waals surface area contributed by atoms with Crippen molar-refractivity contribution in [3.05, 3.63) is 12.2 Å². The number of esters is 1. The van der Waals surface area contributed by atoms with E-state index in [1.54, 1.807) is 6.08 Å². The second kappa shape index (κ2) is 11.8. The van der Waals surface area contributed by atoms with Gasteiger partial charge < -0.3 is 14.6 Å². The van der Waals surface area contributed by atoms with Gasteiger partial charge in [0.2, 0.25) is 0 Å². The van der Waals surface area contributed by atoms with Gasteiger partial charge in [0, 0.05) is 10.3 Å². The standard InChI is InChI=1S/C22H36FIO4/c1-4-5-7-17(23)19(25)11-10-15-14(2)12-20-16(15)13-21(28-20)18(24)8-6-9-22(26)27-3/h10-11,14-21,25H,4-9,12-13H2,1-3H3/t14-,15-,16-,17-,18-,19-,20+,21-/m1/s1. The number of halogens is 2. The van der Waals surface area contributed by atoms with Gasteiger partial charge >= 0.3 is 5.97 Å². The van der Waals surface area contributed by atoms with E-state index in [4.69, 9.17) is 9.47 Å². The summed E-state index contributed by atoms with van der Waals surface area (Å²) in [7, 11) is 1.42. The van der Waals surface area contributed by atoms with Crippen LogP contribution >= 0.6 is 22.6 Å². The number of ether oxygens (including phenoxy) is 2. The van der Waals surface area contributed by atoms with Crippen molar-refractivity contribution in [2.45, 2.75) is 93.6 Å². The van der Waals surface area contributed by atoms with Crippen LogP contribution in [0.4, 0.5) is 4.39 Å². The van der Waals surface area contributed by atoms with Crippen molar-refractivity contribution in [2.24, 2.45) is 17.8 Å². The molecular formula is C22H36FIO4. The second-order valence-electron chi connectivity index (χ2n) is 8.42. The van der Waals surface area contributed by atoms with Crippen LogP contribution in [0.15, 0.2) is 12.2 Å². The van der Waals surface area contributed by atoms with Crippen LogP contribution < -0.4 is 0 Å². The van der Waals surface area contributed by atoms with E-state index < -0.39 is 12.3 Å². The molecule has 0 amide bonds. The van der Waals surface area contributed by atoms with Gasteiger partial charge in [-0.2, -0.15) is 0 Å². The Morgan fingerprint density at radius 2 is 2.11 bits per heavy atom. The summed E-state index contributed by atoms with van der Waals surface area (Å²) in [4.78, 5) is 11.3. The van der Waals surface area contributed by atoms with E-state index in [0.29, 0.717) is 34.5 Å². The van der Waals surface area contributed by atoms with Crippen LogP contribution in [-0.2, 0) is 14.3 Å². The monoisotopic (exact) mass is 510 g/mol. The summed E-state index contributed by atoms with van der Waals surface area (Å²) in [5.74, 6) is 1.10. The molecule has 0 radical (unpaired) electrons. The highest BCUT2D eigenvalue weighted by Gasteiger charge is 2.48. The zero-order valence-electron chi connectivity index (χ0n) is 17.4. The highest BCUT2D eigenvalue weighted by Crippen LogP contribution is 2.48. The third-order valence-corrected chi connectivity index (χ3v) is 7.74. The van der Waals surface area contributed by atoms with Crippen molar-refractivity contribution in [1.29, 1.82) is 0 Å². The minimum Gasteiger partial charge on any atom is -0.469 e. The number of alkyl halides is 2. The molecule has 0 aromatic heterocycles. The summed E-state index contributed by atoms with van der Waals surface area (Å²) in [6, 6.07) is 0. The number of hydrogen-bond donors (Lipinski definition) is 1. The smallest absolute Gasteiger partial charge is 0.305 e. The fourth-order valence-electron chi connectivity index (χ4n) is 4.61. The Hall–Kier alpha value is -0.210. The van der Waals surface area contributed by atoms with Gasteiger partial charge in [-0.25, -0.2) is 4.39 Å². The van der Waals surface area contributed by atoms with E-state index in [1.807, 2.05) is 13.0 Å². The van der Waals surface area contributed by atoms with Gasteiger partial charge in [0.1, 0.15) is 12.3 Å². The summed E-state index contributed by atoms with van der Waals surface area (Å²) in [6.07, 6.45) is 8.40. The van der Waals surface area contributed by atoms with Crippen LogP contribution in [0, 0.1) is 17.8 Å². The van der Waals surface area contributed by atoms with E-state index in [9.17, 15) is 14.3 Å². The Bertz CT molecular complexity index is 515. The van der Waals surface area contributed by atoms with Crippen molar-refractivity contribution >= 4 is 28.6 Å². The number of aliphatic hydroxyl groups excluding tert-OH is 1. The maximum absolute atomic E-state index is 14.0. The van der Waals surface area contributed by atoms with Crippen LogP contribution in [0.2, 0.25) is 0 Å². The molecule has 1 aliphatic carbocycles. The van der Waals surface area contributed by atoms with Gasteiger partial charge in [-0.3, -0.25) is 4.79 Å². The van der Waals surface area contributed by atoms with Crippen LogP contribution in [0.25, 0.3) is 0 Å². The molecule has 6 heteroatoms. The molecule has 1 N–H and O–H groups in total. The molecule has 4 nitrogen and oxygen atoms in total. The minimum absolute atomic E-state index is 0.157. The Morgan fingerprint density at radius 3 is 2.79 bits per heavy atom. The Balaban J connectivity index is 1.85. The molecule has 0 spiro atoms. The lowest BCUT2D eigenvalue weighted by Gasteiger charge is -2.22. The fourth-order valence-corrected chi connectivity index (χ4v) is 5.51. The highest BCUT2D eigenvalue weighted by atomic mass is 127. The first-order valence-electron chi connectivity index (χ1n) is 10.7. The van der Waals surface area contributed by atoms with E-state index in [-0.39, 0.29) is 18.2 Å². The highest BCUT2D eigenvalue weighted by molar-refractivity contribution is 14.1. The van der Waals surface area contributed by atoms with Crippen LogP contribution in [0.3, 0.4) is 0 Å². The average Bonchev–Trinajstić information content (AvgIpc) is 3.21. The molecule has 28 heavy (non-hydrogen) atoms. The van der Waals surface area contributed by atoms with Crippen LogP contribution in [-0.4, -0.2) is 46.6 Å². The maximum Gasteiger partial charge on any atom is 0.305 e. The third-order valence-electron chi connectivity index (χ3n) is 6.31. The number of unbranched alkanes of at least 4 members (excludes halogenated alkanes) is 1. The number of allylic oxidation sites excluding steroid dienone is 1. The van der Waals surface area contributed by atoms with Gasteiger partial charge in [0.25, 0.3) is 0 Å². The van der Waals surface area contributed by atoms with E-state index in [1.165, 1.54) is 7.11 Å². The number of carbonyl (C=O) groups is 1. The molecule has 2 fully saturated rings. The molecule has 2 aliphatic rings. The molecular weight excluding hydrogens is 474 g/mol. The SMILES string of the molecule is CCCC[C@@H](F)[C@H](O)C=C[C@H]1[C@H]2C[C@H]([C@H](I)CCCC(=O)OC)O[C@H]2C[C@H]1C. The van der Waals surface area contributed by atoms with E-state index in [2.05, 4.69) is 29.5 Å². The van der Waals surface area contributed by atoms with Gasteiger partial charge in [-0.05, 0) is 49.9 Å². The maximum atomic E-state index is 14.0. The number of fused-ring (bicyclic) bond motifs is 1. The summed E-state index contributed by atoms with van der Waals surface area (Å²) in [5.41, 5.74) is 0. The molecule has 1 saturated heterocycles. The molecule has 1 heterocycles. The van der Waals surface area contributed by atoms with E-state index >= 15 is 0 Å². The molecule has 162 valence electrons. The molecule has 0 aromatic rings. The van der Waals surface area contributed by atoms with Crippen LogP contribution in [0.5, 0.6) is 0 Å². The summed E-state index contributed by atoms with van der Waals surface area (Å²) >= 11 is 2.44. The van der Waals surface area contributed by atoms with Crippen molar-refractivity contribution in [3.8, 4) is 0 Å². The Labute approximate surface area is 182 Å². The first-order chi connectivity index (χ1) is 13.4. The first kappa shape index (κ1) is 24.1. The summed E-state index contributed by atoms with van der Waals surface area (Å²) in [5, 5.41) is 10.1. The predicted octanol–water partition coefficient (Wildman–Crippen LogP) is 5.01. The summed E-state index contributed by atoms with van der Waals surface area (Å²) < 4.78 is 25.5. The lowest BCUT2D eigenvalue weighted by molar-refractivity contribution is -0.140. The van der Waals surface area contributed by atoms with Gasteiger partial charge in [-0.15, -0.1) is 0 Å². The first-order valence-corrected chi connectivity index (χ1v) is 12.0. The van der Waals surface area contributed by atoms with Crippen LogP contribution in [0.1, 0.15) is 65.2 Å². The molecule has 1 saturated carbocycles. The Kier molecular flexibility index (Phi) is 10.2. The molecule has 1 aliphatic heterocycles. The Morgan fingerprint density at radius 1 is 1.36 bits per heavy atom. The molecule has 8 atom stereocenters. The van der Waals surface area contributed by atoms with Crippen molar-refractivity contribution in [3.63, 3.8) is 0 Å². The van der Waals surface area contributed by atoms with Crippen molar-refractivity contribution < 1.29 is 23.8 Å². The zero-order chi connectivity index (χ0) is 20.7. The lowest BCUT2D eigenvalue weighted by Crippen LogP contribution is -2.23. The minimum atomic E-state index is -1.18. The fraction of sp³-hybridized carbons (Fsp3) is 0.864. The van der Waals surface area contributed by atoms with Gasteiger partial charge in [0.05, 0.1) is 19.3 Å². The normalized spacial score (nSPS) is 33.0. The average molecular weight is 510 g/mol. The molecule has 0 unspecified atom stereocenters. The molecule has 2 rings (SSSR count).